The van der Waals surface area contributed by atoms with Crippen molar-refractivity contribution in [2.75, 3.05) is 6.61 Å². The summed E-state index contributed by atoms with van der Waals surface area (Å²) in [6.45, 7) is 6.30. The van der Waals surface area contributed by atoms with Crippen molar-refractivity contribution in [2.45, 2.75) is 40.0 Å². The average Bonchev–Trinajstić information content (AvgIpc) is 2.25. The first-order valence-electron chi connectivity index (χ1n) is 6.67. The van der Waals surface area contributed by atoms with E-state index in [0.717, 1.165) is 12.8 Å². The third kappa shape index (κ3) is 2.25. The Morgan fingerprint density at radius 2 is 2.00 bits per heavy atom. The lowest BCUT2D eigenvalue weighted by Crippen LogP contribution is -2.57. The molecule has 0 heterocycles. The molecule has 0 aromatic carbocycles. The number of carboxylic acid groups (broad SMARTS) is 1. The predicted molar refractivity (Wildman–Crippen MR) is 65.9 cm³/mol. The topological polar surface area (TPSA) is 63.6 Å². The van der Waals surface area contributed by atoms with E-state index in [1.807, 2.05) is 0 Å². The second-order valence-corrected chi connectivity index (χ2v) is 6.42. The molecule has 0 amide bonds. The van der Waals surface area contributed by atoms with Crippen molar-refractivity contribution in [3.05, 3.63) is 0 Å². The summed E-state index contributed by atoms with van der Waals surface area (Å²) in [6.07, 6.45) is 2.33. The molecule has 18 heavy (non-hydrogen) atoms. The van der Waals surface area contributed by atoms with E-state index in [0.29, 0.717) is 18.4 Å². The van der Waals surface area contributed by atoms with Crippen molar-refractivity contribution in [3.8, 4) is 0 Å². The fourth-order valence-corrected chi connectivity index (χ4v) is 3.98. The van der Waals surface area contributed by atoms with Crippen LogP contribution < -0.4 is 0 Å². The highest BCUT2D eigenvalue weighted by atomic mass is 16.5. The van der Waals surface area contributed by atoms with Crippen molar-refractivity contribution < 1.29 is 19.4 Å². The van der Waals surface area contributed by atoms with Crippen LogP contribution in [0.4, 0.5) is 0 Å². The van der Waals surface area contributed by atoms with Gasteiger partial charge in [-0.1, -0.05) is 13.8 Å². The molecule has 3 aliphatic carbocycles. The Balaban J connectivity index is 2.06. The summed E-state index contributed by atoms with van der Waals surface area (Å²) in [7, 11) is 0. The van der Waals surface area contributed by atoms with Crippen molar-refractivity contribution >= 4 is 11.9 Å². The van der Waals surface area contributed by atoms with Gasteiger partial charge in [-0.15, -0.1) is 0 Å². The van der Waals surface area contributed by atoms with Gasteiger partial charge in [-0.05, 0) is 41.9 Å². The van der Waals surface area contributed by atoms with Gasteiger partial charge in [-0.25, -0.2) is 0 Å². The molecule has 1 N–H and O–H groups in total. The zero-order valence-corrected chi connectivity index (χ0v) is 11.3. The van der Waals surface area contributed by atoms with Crippen LogP contribution in [0.2, 0.25) is 0 Å². The molecule has 0 aromatic rings. The average molecular weight is 254 g/mol. The lowest BCUT2D eigenvalue weighted by Gasteiger charge is -2.62. The fraction of sp³-hybridized carbons (Fsp3) is 0.857. The summed E-state index contributed by atoms with van der Waals surface area (Å²) in [4.78, 5) is 21.9. The Bertz CT molecular complexity index is 361. The minimum atomic E-state index is -0.744. The van der Waals surface area contributed by atoms with E-state index in [-0.39, 0.29) is 29.6 Å². The van der Waals surface area contributed by atoms with Crippen molar-refractivity contribution in [2.24, 2.45) is 29.1 Å². The number of carboxylic acids is 1. The van der Waals surface area contributed by atoms with Crippen LogP contribution in [0.5, 0.6) is 0 Å². The normalized spacial score (nSPS) is 36.6. The van der Waals surface area contributed by atoms with Crippen LogP contribution in [0, 0.1) is 29.1 Å². The van der Waals surface area contributed by atoms with Crippen LogP contribution >= 0.6 is 0 Å². The molecule has 0 spiro atoms. The Morgan fingerprint density at radius 3 is 2.50 bits per heavy atom. The van der Waals surface area contributed by atoms with E-state index < -0.39 is 5.97 Å². The van der Waals surface area contributed by atoms with Crippen LogP contribution in [-0.4, -0.2) is 23.7 Å². The summed E-state index contributed by atoms with van der Waals surface area (Å²) >= 11 is 0. The first-order valence-corrected chi connectivity index (χ1v) is 6.67. The predicted octanol–water partition coefficient (Wildman–Crippen LogP) is 2.32. The second-order valence-electron chi connectivity index (χ2n) is 6.42. The van der Waals surface area contributed by atoms with E-state index in [9.17, 15) is 9.59 Å². The molecule has 0 radical (unpaired) electrons. The van der Waals surface area contributed by atoms with Gasteiger partial charge < -0.3 is 9.84 Å². The molecule has 0 aliphatic heterocycles. The maximum Gasteiger partial charge on any atom is 0.303 e. The van der Waals surface area contributed by atoms with Gasteiger partial charge in [0.25, 0.3) is 0 Å². The van der Waals surface area contributed by atoms with E-state index in [1.54, 1.807) is 0 Å². The number of hydrogen-bond donors (Lipinski definition) is 1. The quantitative estimate of drug-likeness (QED) is 0.782. The van der Waals surface area contributed by atoms with Crippen molar-refractivity contribution in [1.82, 2.24) is 0 Å². The Hall–Kier alpha value is -1.06. The van der Waals surface area contributed by atoms with Crippen LogP contribution in [0.25, 0.3) is 0 Å². The molecule has 4 nitrogen and oxygen atoms in total. The number of fused-ring (bicyclic) bond motifs is 2. The molecule has 0 aromatic heterocycles. The highest BCUT2D eigenvalue weighted by Crippen LogP contribution is 2.63. The van der Waals surface area contributed by atoms with Crippen LogP contribution in [-0.2, 0) is 14.3 Å². The smallest absolute Gasteiger partial charge is 0.303 e. The standard InChI is InChI=1S/C14H22O4/c1-8(15)18-7-11-9(5-13(16)17)4-10-6-12(11)14(10,2)3/h9-12H,4-7H2,1-3H3,(H,16,17)/t9-,10+,11-,12+/m1/s1. The molecule has 0 saturated heterocycles. The molecule has 4 atom stereocenters. The number of rotatable bonds is 4. The molecule has 4 heteroatoms. The SMILES string of the molecule is CC(=O)OC[C@@H]1[C@@H](CC(=O)O)C[C@H]2C[C@@H]1C2(C)C. The highest BCUT2D eigenvalue weighted by molar-refractivity contribution is 5.67. The highest BCUT2D eigenvalue weighted by Gasteiger charge is 2.57. The van der Waals surface area contributed by atoms with Gasteiger partial charge in [0.15, 0.2) is 0 Å². The van der Waals surface area contributed by atoms with Gasteiger partial charge in [-0.2, -0.15) is 0 Å². The summed E-state index contributed by atoms with van der Waals surface area (Å²) in [5.74, 6) is 0.499. The molecular weight excluding hydrogens is 232 g/mol. The molecule has 102 valence electrons. The van der Waals surface area contributed by atoms with Crippen molar-refractivity contribution in [1.29, 1.82) is 0 Å². The molecule has 3 rings (SSSR count). The number of esters is 1. The third-order valence-electron chi connectivity index (χ3n) is 5.17. The third-order valence-corrected chi connectivity index (χ3v) is 5.17. The van der Waals surface area contributed by atoms with E-state index >= 15 is 0 Å². The van der Waals surface area contributed by atoms with E-state index in [2.05, 4.69) is 13.8 Å². The van der Waals surface area contributed by atoms with Crippen LogP contribution in [0.15, 0.2) is 0 Å². The monoisotopic (exact) mass is 254 g/mol. The minimum Gasteiger partial charge on any atom is -0.481 e. The molecule has 3 aliphatic rings. The minimum absolute atomic E-state index is 0.165. The van der Waals surface area contributed by atoms with Crippen molar-refractivity contribution in [3.63, 3.8) is 0 Å². The first kappa shape index (κ1) is 13.4. The molecule has 2 bridgehead atoms. The molecule has 3 fully saturated rings. The summed E-state index contributed by atoms with van der Waals surface area (Å²) in [5, 5.41) is 8.98. The van der Waals surface area contributed by atoms with Gasteiger partial charge in [-0.3, -0.25) is 9.59 Å². The summed E-state index contributed by atoms with van der Waals surface area (Å²) < 4.78 is 5.15. The zero-order chi connectivity index (χ0) is 13.5. The Morgan fingerprint density at radius 1 is 1.33 bits per heavy atom. The van der Waals surface area contributed by atoms with Gasteiger partial charge in [0.05, 0.1) is 6.61 Å². The Kier molecular flexibility index (Phi) is 3.39. The molecule has 0 unspecified atom stereocenters. The maximum absolute atomic E-state index is 11.0. The number of ether oxygens (including phenoxy) is 1. The number of carbonyl (C=O) groups excluding carboxylic acids is 1. The van der Waals surface area contributed by atoms with Gasteiger partial charge >= 0.3 is 11.9 Å². The van der Waals surface area contributed by atoms with Gasteiger partial charge in [0, 0.05) is 13.3 Å². The summed E-state index contributed by atoms with van der Waals surface area (Å²) in [5.41, 5.74) is 0.278. The van der Waals surface area contributed by atoms with E-state index in [4.69, 9.17) is 9.84 Å². The maximum atomic E-state index is 11.0. The molecule has 3 saturated carbocycles. The number of carbonyl (C=O) groups is 2. The van der Waals surface area contributed by atoms with Gasteiger partial charge in [0.1, 0.15) is 0 Å². The lowest BCUT2D eigenvalue weighted by atomic mass is 9.43. The lowest BCUT2D eigenvalue weighted by molar-refractivity contribution is -0.170. The largest absolute Gasteiger partial charge is 0.481 e. The van der Waals surface area contributed by atoms with E-state index in [1.165, 1.54) is 6.92 Å². The first-order chi connectivity index (χ1) is 8.32. The van der Waals surface area contributed by atoms with Gasteiger partial charge in [0.2, 0.25) is 0 Å². The fourth-order valence-electron chi connectivity index (χ4n) is 3.98. The zero-order valence-electron chi connectivity index (χ0n) is 11.3. The Labute approximate surface area is 108 Å². The second kappa shape index (κ2) is 4.56. The summed E-state index contributed by atoms with van der Waals surface area (Å²) in [6, 6.07) is 0. The molecular formula is C14H22O4. The van der Waals surface area contributed by atoms with Crippen LogP contribution in [0.1, 0.15) is 40.0 Å². The van der Waals surface area contributed by atoms with Crippen LogP contribution in [0.3, 0.4) is 0 Å². The number of hydrogen-bond acceptors (Lipinski definition) is 3. The number of aliphatic carboxylic acids is 1.